The largest absolute Gasteiger partial charge is 0.451 e. The molecule has 0 aromatic heterocycles. The Labute approximate surface area is 161 Å². The van der Waals surface area contributed by atoms with E-state index in [-0.39, 0.29) is 28.4 Å². The van der Waals surface area contributed by atoms with Crippen LogP contribution in [0.15, 0.2) is 23.8 Å². The maximum absolute atomic E-state index is 12.7. The van der Waals surface area contributed by atoms with Crippen LogP contribution < -0.4 is 0 Å². The Morgan fingerprint density at radius 1 is 1.07 bits per heavy atom. The molecule has 4 aliphatic rings. The molecule has 0 bridgehead atoms. The summed E-state index contributed by atoms with van der Waals surface area (Å²) >= 11 is 0. The molecular formula is C23H30O4. The highest BCUT2D eigenvalue weighted by atomic mass is 16.6. The first-order valence-electron chi connectivity index (χ1n) is 10.3. The number of ketones is 2. The van der Waals surface area contributed by atoms with Gasteiger partial charge < -0.3 is 4.74 Å². The van der Waals surface area contributed by atoms with Gasteiger partial charge in [-0.2, -0.15) is 0 Å². The van der Waals surface area contributed by atoms with Gasteiger partial charge in [0.1, 0.15) is 0 Å². The summed E-state index contributed by atoms with van der Waals surface area (Å²) in [6.45, 7) is 7.46. The zero-order valence-electron chi connectivity index (χ0n) is 16.8. The number of fused-ring (bicyclic) bond motifs is 5. The molecule has 0 aromatic rings. The van der Waals surface area contributed by atoms with Crippen LogP contribution in [0.5, 0.6) is 0 Å². The van der Waals surface area contributed by atoms with Crippen LogP contribution in [0, 0.1) is 28.6 Å². The number of Topliss-reactive ketones (excluding diaryl/α,β-unsaturated/α-hetero) is 1. The Morgan fingerprint density at radius 2 is 1.78 bits per heavy atom. The molecule has 0 aliphatic heterocycles. The minimum Gasteiger partial charge on any atom is -0.451 e. The molecule has 27 heavy (non-hydrogen) atoms. The van der Waals surface area contributed by atoms with E-state index in [0.29, 0.717) is 30.6 Å². The molecule has 0 aromatic carbocycles. The van der Waals surface area contributed by atoms with E-state index in [0.717, 1.165) is 25.7 Å². The van der Waals surface area contributed by atoms with Crippen LogP contribution >= 0.6 is 0 Å². The Balaban J connectivity index is 1.75. The number of allylic oxidation sites excluding steroid dienone is 4. The summed E-state index contributed by atoms with van der Waals surface area (Å²) in [6.07, 6.45) is 11.2. The third-order valence-electron chi connectivity index (χ3n) is 8.52. The van der Waals surface area contributed by atoms with Gasteiger partial charge in [0.2, 0.25) is 0 Å². The quantitative estimate of drug-likeness (QED) is 0.684. The minimum atomic E-state index is -0.984. The minimum absolute atomic E-state index is 0.0176. The molecular weight excluding hydrogens is 340 g/mol. The highest BCUT2D eigenvalue weighted by molar-refractivity contribution is 5.92. The molecule has 0 N–H and O–H groups in total. The summed E-state index contributed by atoms with van der Waals surface area (Å²) in [7, 11) is 0. The number of rotatable bonds is 2. The fourth-order valence-electron chi connectivity index (χ4n) is 7.06. The molecule has 4 heteroatoms. The molecule has 146 valence electrons. The number of hydrogen-bond acceptors (Lipinski definition) is 4. The summed E-state index contributed by atoms with van der Waals surface area (Å²) in [5.41, 5.74) is -0.0864. The number of ether oxygens (including phenoxy) is 1. The maximum Gasteiger partial charge on any atom is 0.303 e. The second-order valence-corrected chi connectivity index (χ2v) is 9.60. The highest BCUT2D eigenvalue weighted by Gasteiger charge is 2.67. The summed E-state index contributed by atoms with van der Waals surface area (Å²) in [4.78, 5) is 36.5. The van der Waals surface area contributed by atoms with Crippen molar-refractivity contribution in [2.45, 2.75) is 71.8 Å². The monoisotopic (exact) mass is 370 g/mol. The van der Waals surface area contributed by atoms with Gasteiger partial charge in [0.05, 0.1) is 0 Å². The van der Waals surface area contributed by atoms with Crippen molar-refractivity contribution in [3.05, 3.63) is 23.8 Å². The van der Waals surface area contributed by atoms with E-state index < -0.39 is 5.60 Å². The van der Waals surface area contributed by atoms with Gasteiger partial charge in [-0.25, -0.2) is 0 Å². The number of carbonyl (C=O) groups is 3. The second kappa shape index (κ2) is 5.89. The van der Waals surface area contributed by atoms with Crippen molar-refractivity contribution in [2.75, 3.05) is 0 Å². The molecule has 2 saturated carbocycles. The lowest BCUT2D eigenvalue weighted by atomic mass is 9.48. The van der Waals surface area contributed by atoms with Crippen LogP contribution in [0.1, 0.15) is 66.2 Å². The van der Waals surface area contributed by atoms with Gasteiger partial charge in [-0.1, -0.05) is 26.0 Å². The SMILES string of the molecule is CC(=O)O[C@]1(C(C)=O)CC[C@H]2[C@@H]3C=CC4=CC(=O)CC[C@]4(C)[C@H]3CC[C@@]21C. The second-order valence-electron chi connectivity index (χ2n) is 9.60. The Bertz CT molecular complexity index is 777. The topological polar surface area (TPSA) is 60.4 Å². The molecule has 4 rings (SSSR count). The molecule has 0 unspecified atom stereocenters. The Kier molecular flexibility index (Phi) is 4.07. The molecule has 2 fully saturated rings. The molecule has 6 atom stereocenters. The van der Waals surface area contributed by atoms with Crippen molar-refractivity contribution >= 4 is 17.5 Å². The van der Waals surface area contributed by atoms with E-state index in [9.17, 15) is 14.4 Å². The highest BCUT2D eigenvalue weighted by Crippen LogP contribution is 2.67. The summed E-state index contributed by atoms with van der Waals surface area (Å²) in [5, 5.41) is 0. The standard InChI is InChI=1S/C23H30O4/c1-14(24)23(27-15(2)25)12-9-20-18-6-5-16-13-17(26)7-10-21(16,3)19(18)8-11-22(20,23)4/h5-6,13,18-20H,7-12H2,1-4H3/t18-,19+,20+,21+,22+,23+/m1/s1. The Hall–Kier alpha value is -1.71. The fraction of sp³-hybridized carbons (Fsp3) is 0.696. The van der Waals surface area contributed by atoms with E-state index in [2.05, 4.69) is 26.0 Å². The molecule has 0 saturated heterocycles. The van der Waals surface area contributed by atoms with Gasteiger partial charge >= 0.3 is 5.97 Å². The van der Waals surface area contributed by atoms with Gasteiger partial charge in [0, 0.05) is 18.8 Å². The first-order valence-corrected chi connectivity index (χ1v) is 10.3. The van der Waals surface area contributed by atoms with Crippen molar-refractivity contribution in [3.63, 3.8) is 0 Å². The normalized spacial score (nSPS) is 45.4. The maximum atomic E-state index is 12.7. The van der Waals surface area contributed by atoms with Crippen molar-refractivity contribution in [3.8, 4) is 0 Å². The molecule has 4 aliphatic carbocycles. The Morgan fingerprint density at radius 3 is 2.44 bits per heavy atom. The van der Waals surface area contributed by atoms with Crippen LogP contribution in [-0.4, -0.2) is 23.1 Å². The first kappa shape index (κ1) is 18.6. The number of carbonyl (C=O) groups excluding carboxylic acids is 3. The van der Waals surface area contributed by atoms with Crippen molar-refractivity contribution in [1.29, 1.82) is 0 Å². The predicted octanol–water partition coefficient (Wildman–Crippen LogP) is 4.19. The lowest BCUT2D eigenvalue weighted by Gasteiger charge is -2.57. The first-order chi connectivity index (χ1) is 12.6. The van der Waals surface area contributed by atoms with Crippen LogP contribution in [0.25, 0.3) is 0 Å². The van der Waals surface area contributed by atoms with Crippen molar-refractivity contribution in [1.82, 2.24) is 0 Å². The predicted molar refractivity (Wildman–Crippen MR) is 102 cm³/mol. The zero-order valence-corrected chi connectivity index (χ0v) is 16.8. The van der Waals surface area contributed by atoms with Gasteiger partial charge in [0.25, 0.3) is 0 Å². The molecule has 0 radical (unpaired) electrons. The van der Waals surface area contributed by atoms with Gasteiger partial charge in [-0.3, -0.25) is 14.4 Å². The van der Waals surface area contributed by atoms with Crippen molar-refractivity contribution < 1.29 is 19.1 Å². The van der Waals surface area contributed by atoms with Crippen LogP contribution in [0.3, 0.4) is 0 Å². The lowest BCUT2D eigenvalue weighted by molar-refractivity contribution is -0.185. The number of hydrogen-bond donors (Lipinski definition) is 0. The van der Waals surface area contributed by atoms with Gasteiger partial charge in [0.15, 0.2) is 17.2 Å². The van der Waals surface area contributed by atoms with Crippen LogP contribution in [0.2, 0.25) is 0 Å². The van der Waals surface area contributed by atoms with E-state index >= 15 is 0 Å². The molecule has 0 spiro atoms. The molecule has 4 nitrogen and oxygen atoms in total. The van der Waals surface area contributed by atoms with E-state index in [4.69, 9.17) is 4.74 Å². The van der Waals surface area contributed by atoms with E-state index in [1.165, 1.54) is 12.5 Å². The van der Waals surface area contributed by atoms with Crippen molar-refractivity contribution in [2.24, 2.45) is 28.6 Å². The fourth-order valence-corrected chi connectivity index (χ4v) is 7.06. The molecule has 0 heterocycles. The third-order valence-corrected chi connectivity index (χ3v) is 8.52. The van der Waals surface area contributed by atoms with Gasteiger partial charge in [-0.05, 0) is 73.8 Å². The van der Waals surface area contributed by atoms with E-state index in [1.807, 2.05) is 6.08 Å². The average Bonchev–Trinajstić information content (AvgIpc) is 2.89. The molecule has 0 amide bonds. The van der Waals surface area contributed by atoms with E-state index in [1.54, 1.807) is 6.92 Å². The van der Waals surface area contributed by atoms with Crippen LogP contribution in [0.4, 0.5) is 0 Å². The smallest absolute Gasteiger partial charge is 0.303 e. The summed E-state index contributed by atoms with van der Waals surface area (Å²) in [6, 6.07) is 0. The average molecular weight is 370 g/mol. The van der Waals surface area contributed by atoms with Crippen LogP contribution in [-0.2, 0) is 19.1 Å². The summed E-state index contributed by atoms with van der Waals surface area (Å²) < 4.78 is 5.79. The number of esters is 1. The third kappa shape index (κ3) is 2.37. The zero-order chi connectivity index (χ0) is 19.6. The van der Waals surface area contributed by atoms with Gasteiger partial charge in [-0.15, -0.1) is 0 Å². The summed E-state index contributed by atoms with van der Waals surface area (Å²) in [5.74, 6) is 1.03. The lowest BCUT2D eigenvalue weighted by Crippen LogP contribution is -2.58.